The molecule has 1 aromatic heterocycles. The van der Waals surface area contributed by atoms with Crippen molar-refractivity contribution in [1.29, 1.82) is 0 Å². The zero-order valence-electron chi connectivity index (χ0n) is 10.8. The minimum Gasteiger partial charge on any atom is -0.326 e. The summed E-state index contributed by atoms with van der Waals surface area (Å²) in [5.41, 5.74) is 3.82. The fraction of sp³-hybridized carbons (Fsp3) is 0.312. The molecule has 3 heteroatoms. The number of hydrogen-bond acceptors (Lipinski definition) is 2. The molecule has 1 aliphatic rings. The number of halogens is 1. The predicted molar refractivity (Wildman–Crippen MR) is 80.2 cm³/mol. The number of fused-ring (bicyclic) bond motifs is 1. The first-order valence-corrected chi connectivity index (χ1v) is 7.28. The Morgan fingerprint density at radius 1 is 1.16 bits per heavy atom. The van der Waals surface area contributed by atoms with E-state index in [0.29, 0.717) is 5.88 Å². The van der Waals surface area contributed by atoms with Gasteiger partial charge in [0.25, 0.3) is 0 Å². The quantitative estimate of drug-likeness (QED) is 0.758. The molecule has 3 rings (SSSR count). The molecule has 0 bridgehead atoms. The molecule has 98 valence electrons. The lowest BCUT2D eigenvalue weighted by Crippen LogP contribution is -2.19. The fourth-order valence-electron chi connectivity index (χ4n) is 2.62. The lowest BCUT2D eigenvalue weighted by Gasteiger charge is -2.24. The molecule has 0 unspecified atom stereocenters. The number of rotatable bonds is 2. The van der Waals surface area contributed by atoms with Crippen LogP contribution in [-0.2, 0) is 12.3 Å². The van der Waals surface area contributed by atoms with E-state index in [9.17, 15) is 0 Å². The van der Waals surface area contributed by atoms with Crippen LogP contribution in [0.1, 0.15) is 24.0 Å². The van der Waals surface area contributed by atoms with Gasteiger partial charge in [-0.1, -0.05) is 18.2 Å². The summed E-state index contributed by atoms with van der Waals surface area (Å²) in [7, 11) is 0. The first-order valence-electron chi connectivity index (χ1n) is 6.75. The summed E-state index contributed by atoms with van der Waals surface area (Å²) < 4.78 is 0. The molecule has 1 aromatic carbocycles. The van der Waals surface area contributed by atoms with Gasteiger partial charge in [-0.15, -0.1) is 11.6 Å². The van der Waals surface area contributed by atoms with Gasteiger partial charge in [-0.25, -0.2) is 4.98 Å². The summed E-state index contributed by atoms with van der Waals surface area (Å²) in [6.45, 7) is 1.02. The third-order valence-electron chi connectivity index (χ3n) is 3.60. The van der Waals surface area contributed by atoms with E-state index in [4.69, 9.17) is 11.6 Å². The van der Waals surface area contributed by atoms with E-state index >= 15 is 0 Å². The molecular formula is C16H17ClN2. The Kier molecular flexibility index (Phi) is 3.69. The van der Waals surface area contributed by atoms with E-state index in [1.807, 2.05) is 12.3 Å². The van der Waals surface area contributed by atoms with Gasteiger partial charge in [0.2, 0.25) is 0 Å². The Labute approximate surface area is 119 Å². The van der Waals surface area contributed by atoms with Crippen molar-refractivity contribution in [2.75, 3.05) is 11.4 Å². The monoisotopic (exact) mass is 272 g/mol. The van der Waals surface area contributed by atoms with Gasteiger partial charge in [0.15, 0.2) is 0 Å². The van der Waals surface area contributed by atoms with Gasteiger partial charge in [0.05, 0.1) is 0 Å². The Morgan fingerprint density at radius 3 is 2.95 bits per heavy atom. The Hall–Kier alpha value is -1.54. The molecule has 0 fully saturated rings. The standard InChI is InChI=1S/C16H17ClN2/c17-12-13-8-9-18-16(11-13)19-10-4-3-6-14-5-1-2-7-15(14)19/h1-2,5,7-9,11H,3-4,6,10,12H2. The van der Waals surface area contributed by atoms with Crippen LogP contribution in [0.5, 0.6) is 0 Å². The maximum absolute atomic E-state index is 5.92. The number of benzene rings is 1. The smallest absolute Gasteiger partial charge is 0.133 e. The highest BCUT2D eigenvalue weighted by molar-refractivity contribution is 6.17. The molecule has 0 amide bonds. The highest BCUT2D eigenvalue weighted by atomic mass is 35.5. The summed E-state index contributed by atoms with van der Waals surface area (Å²) >= 11 is 5.92. The highest BCUT2D eigenvalue weighted by Gasteiger charge is 2.17. The number of aryl methyl sites for hydroxylation is 1. The first-order chi connectivity index (χ1) is 9.38. The topological polar surface area (TPSA) is 16.1 Å². The number of nitrogens with zero attached hydrogens (tertiary/aromatic N) is 2. The zero-order chi connectivity index (χ0) is 13.1. The maximum atomic E-state index is 5.92. The van der Waals surface area contributed by atoms with Crippen LogP contribution in [0.15, 0.2) is 42.6 Å². The van der Waals surface area contributed by atoms with Gasteiger partial charge in [-0.2, -0.15) is 0 Å². The van der Waals surface area contributed by atoms with Crippen molar-refractivity contribution in [3.63, 3.8) is 0 Å². The lowest BCUT2D eigenvalue weighted by molar-refractivity contribution is 0.757. The molecule has 0 N–H and O–H groups in total. The minimum absolute atomic E-state index is 0.533. The van der Waals surface area contributed by atoms with E-state index in [1.54, 1.807) is 0 Å². The lowest BCUT2D eigenvalue weighted by atomic mass is 10.1. The van der Waals surface area contributed by atoms with Crippen molar-refractivity contribution in [1.82, 2.24) is 4.98 Å². The Morgan fingerprint density at radius 2 is 2.05 bits per heavy atom. The summed E-state index contributed by atoms with van der Waals surface area (Å²) in [6, 6.07) is 12.7. The van der Waals surface area contributed by atoms with Gasteiger partial charge >= 0.3 is 0 Å². The van der Waals surface area contributed by atoms with Gasteiger partial charge in [-0.05, 0) is 48.6 Å². The summed E-state index contributed by atoms with van der Waals surface area (Å²) in [5, 5.41) is 0. The minimum atomic E-state index is 0.533. The molecule has 1 aliphatic heterocycles. The second kappa shape index (κ2) is 5.62. The van der Waals surface area contributed by atoms with E-state index in [-0.39, 0.29) is 0 Å². The van der Waals surface area contributed by atoms with E-state index < -0.39 is 0 Å². The van der Waals surface area contributed by atoms with E-state index in [1.165, 1.54) is 24.1 Å². The largest absolute Gasteiger partial charge is 0.326 e. The van der Waals surface area contributed by atoms with E-state index in [0.717, 1.165) is 24.3 Å². The van der Waals surface area contributed by atoms with Crippen LogP contribution in [0.4, 0.5) is 11.5 Å². The van der Waals surface area contributed by atoms with Crippen molar-refractivity contribution in [2.24, 2.45) is 0 Å². The molecular weight excluding hydrogens is 256 g/mol. The molecule has 2 heterocycles. The van der Waals surface area contributed by atoms with Crippen molar-refractivity contribution in [3.05, 3.63) is 53.7 Å². The van der Waals surface area contributed by atoms with Crippen LogP contribution in [0.25, 0.3) is 0 Å². The zero-order valence-corrected chi connectivity index (χ0v) is 11.6. The SMILES string of the molecule is ClCc1ccnc(N2CCCCc3ccccc32)c1. The third kappa shape index (κ3) is 2.59. The summed E-state index contributed by atoms with van der Waals surface area (Å²) in [6.07, 6.45) is 5.44. The van der Waals surface area contributed by atoms with Crippen LogP contribution in [0, 0.1) is 0 Å². The highest BCUT2D eigenvalue weighted by Crippen LogP contribution is 2.31. The van der Waals surface area contributed by atoms with Crippen molar-refractivity contribution in [2.45, 2.75) is 25.1 Å². The maximum Gasteiger partial charge on any atom is 0.133 e. The molecule has 0 atom stereocenters. The molecule has 2 nitrogen and oxygen atoms in total. The number of alkyl halides is 1. The molecule has 0 saturated heterocycles. The van der Waals surface area contributed by atoms with Crippen molar-refractivity contribution >= 4 is 23.1 Å². The number of aromatic nitrogens is 1. The van der Waals surface area contributed by atoms with Gasteiger partial charge in [0, 0.05) is 24.3 Å². The van der Waals surface area contributed by atoms with Crippen LogP contribution >= 0.6 is 11.6 Å². The van der Waals surface area contributed by atoms with Gasteiger partial charge in [-0.3, -0.25) is 0 Å². The second-order valence-electron chi connectivity index (χ2n) is 4.89. The molecule has 0 radical (unpaired) electrons. The molecule has 19 heavy (non-hydrogen) atoms. The van der Waals surface area contributed by atoms with Crippen LogP contribution in [0.3, 0.4) is 0 Å². The average molecular weight is 273 g/mol. The molecule has 0 aliphatic carbocycles. The van der Waals surface area contributed by atoms with Crippen LogP contribution < -0.4 is 4.90 Å². The number of hydrogen-bond donors (Lipinski definition) is 0. The Balaban J connectivity index is 2.03. The fourth-order valence-corrected chi connectivity index (χ4v) is 2.79. The van der Waals surface area contributed by atoms with Crippen molar-refractivity contribution in [3.8, 4) is 0 Å². The van der Waals surface area contributed by atoms with E-state index in [2.05, 4.69) is 40.2 Å². The number of pyridine rings is 1. The average Bonchev–Trinajstić information content (AvgIpc) is 2.69. The molecule has 2 aromatic rings. The molecule has 0 saturated carbocycles. The predicted octanol–water partition coefficient (Wildman–Crippen LogP) is 4.29. The van der Waals surface area contributed by atoms with Crippen LogP contribution in [-0.4, -0.2) is 11.5 Å². The van der Waals surface area contributed by atoms with Crippen LogP contribution in [0.2, 0.25) is 0 Å². The normalized spacial score (nSPS) is 14.9. The van der Waals surface area contributed by atoms with Crippen molar-refractivity contribution < 1.29 is 0 Å². The number of para-hydroxylation sites is 1. The first kappa shape index (κ1) is 12.5. The summed E-state index contributed by atoms with van der Waals surface area (Å²) in [4.78, 5) is 6.84. The Bertz CT molecular complexity index is 568. The summed E-state index contributed by atoms with van der Waals surface area (Å²) in [5.74, 6) is 1.54. The van der Waals surface area contributed by atoms with Gasteiger partial charge in [0.1, 0.15) is 5.82 Å². The third-order valence-corrected chi connectivity index (χ3v) is 3.91. The molecule has 0 spiro atoms. The van der Waals surface area contributed by atoms with Gasteiger partial charge < -0.3 is 4.90 Å². The number of anilines is 2. The second-order valence-corrected chi connectivity index (χ2v) is 5.16.